The third kappa shape index (κ3) is 2.71. The Hall–Kier alpha value is -1.62. The fraction of sp³-hybridized carbons (Fsp3) is 0.429. The van der Waals surface area contributed by atoms with Gasteiger partial charge in [-0.2, -0.15) is 11.3 Å². The minimum Gasteiger partial charge on any atom is -0.346 e. The van der Waals surface area contributed by atoms with Crippen LogP contribution in [0.3, 0.4) is 0 Å². The lowest BCUT2D eigenvalue weighted by atomic mass is 10.1. The molecule has 0 aromatic carbocycles. The molecule has 1 aliphatic rings. The number of aromatic nitrogens is 2. The average molecular weight is 275 g/mol. The number of carbonyl (C=O) groups excluding carboxylic acids is 1. The highest BCUT2D eigenvalue weighted by atomic mass is 32.1. The van der Waals surface area contributed by atoms with Gasteiger partial charge in [0.2, 0.25) is 5.91 Å². The van der Waals surface area contributed by atoms with Crippen LogP contribution < -0.4 is 0 Å². The first-order valence-corrected chi connectivity index (χ1v) is 7.47. The van der Waals surface area contributed by atoms with E-state index in [4.69, 9.17) is 0 Å². The fourth-order valence-electron chi connectivity index (χ4n) is 2.53. The number of aromatic amines is 1. The predicted molar refractivity (Wildman–Crippen MR) is 75.3 cm³/mol. The minimum absolute atomic E-state index is 0.226. The molecule has 1 amide bonds. The molecule has 0 radical (unpaired) electrons. The van der Waals surface area contributed by atoms with Gasteiger partial charge in [-0.1, -0.05) is 0 Å². The molecule has 3 rings (SSSR count). The number of rotatable bonds is 3. The number of carbonyl (C=O) groups is 1. The Labute approximate surface area is 116 Å². The molecule has 1 atom stereocenters. The maximum absolute atomic E-state index is 12.2. The molecule has 2 aromatic rings. The molecule has 19 heavy (non-hydrogen) atoms. The lowest BCUT2D eigenvalue weighted by Crippen LogP contribution is -2.29. The van der Waals surface area contributed by atoms with Crippen LogP contribution in [0, 0.1) is 6.92 Å². The smallest absolute Gasteiger partial charge is 0.227 e. The molecule has 1 N–H and O–H groups in total. The maximum Gasteiger partial charge on any atom is 0.227 e. The molecule has 4 nitrogen and oxygen atoms in total. The van der Waals surface area contributed by atoms with Gasteiger partial charge in [-0.3, -0.25) is 4.79 Å². The van der Waals surface area contributed by atoms with Crippen molar-refractivity contribution in [2.45, 2.75) is 25.7 Å². The molecule has 0 spiro atoms. The fourth-order valence-corrected chi connectivity index (χ4v) is 3.20. The van der Waals surface area contributed by atoms with Crippen molar-refractivity contribution in [2.75, 3.05) is 13.1 Å². The summed E-state index contributed by atoms with van der Waals surface area (Å²) in [6.45, 7) is 3.63. The van der Waals surface area contributed by atoms with E-state index >= 15 is 0 Å². The molecular formula is C14H17N3OS. The van der Waals surface area contributed by atoms with Crippen LogP contribution in [0.4, 0.5) is 0 Å². The van der Waals surface area contributed by atoms with Crippen LogP contribution in [0.1, 0.15) is 29.4 Å². The summed E-state index contributed by atoms with van der Waals surface area (Å²) in [4.78, 5) is 21.8. The molecule has 2 aromatic heterocycles. The molecule has 5 heteroatoms. The molecule has 1 aliphatic heterocycles. The summed E-state index contributed by atoms with van der Waals surface area (Å²) in [6.07, 6.45) is 3.38. The van der Waals surface area contributed by atoms with Crippen molar-refractivity contribution in [3.8, 4) is 0 Å². The molecule has 100 valence electrons. The van der Waals surface area contributed by atoms with E-state index in [9.17, 15) is 4.79 Å². The monoisotopic (exact) mass is 275 g/mol. The molecule has 0 saturated carbocycles. The number of thiophene rings is 1. The highest BCUT2D eigenvalue weighted by molar-refractivity contribution is 7.07. The van der Waals surface area contributed by atoms with Crippen LogP contribution in [0.25, 0.3) is 0 Å². The summed E-state index contributed by atoms with van der Waals surface area (Å²) in [6, 6.07) is 2.02. The third-order valence-corrected chi connectivity index (χ3v) is 4.32. The van der Waals surface area contributed by atoms with E-state index in [2.05, 4.69) is 9.97 Å². The van der Waals surface area contributed by atoms with Crippen LogP contribution in [0.5, 0.6) is 0 Å². The van der Waals surface area contributed by atoms with Gasteiger partial charge in [0.15, 0.2) is 0 Å². The van der Waals surface area contributed by atoms with Crippen LogP contribution in [0.2, 0.25) is 0 Å². The second-order valence-electron chi connectivity index (χ2n) is 5.09. The number of hydrogen-bond donors (Lipinski definition) is 1. The van der Waals surface area contributed by atoms with Crippen molar-refractivity contribution in [1.29, 1.82) is 0 Å². The first-order chi connectivity index (χ1) is 9.22. The number of hydrogen-bond acceptors (Lipinski definition) is 3. The Morgan fingerprint density at radius 2 is 2.53 bits per heavy atom. The van der Waals surface area contributed by atoms with Gasteiger partial charge in [-0.15, -0.1) is 0 Å². The van der Waals surface area contributed by atoms with E-state index in [1.807, 2.05) is 34.8 Å². The SMILES string of the molecule is Cc1cnc(C2CCN(C(=O)Cc3ccsc3)C2)[nH]1. The van der Waals surface area contributed by atoms with Crippen LogP contribution >= 0.6 is 11.3 Å². The highest BCUT2D eigenvalue weighted by Crippen LogP contribution is 2.25. The van der Waals surface area contributed by atoms with E-state index in [-0.39, 0.29) is 5.91 Å². The third-order valence-electron chi connectivity index (χ3n) is 3.59. The number of imidazole rings is 1. The Morgan fingerprint density at radius 3 is 3.21 bits per heavy atom. The van der Waals surface area contributed by atoms with Crippen molar-refractivity contribution < 1.29 is 4.79 Å². The summed E-state index contributed by atoms with van der Waals surface area (Å²) in [5.41, 5.74) is 2.20. The van der Waals surface area contributed by atoms with Crippen LogP contribution in [-0.2, 0) is 11.2 Å². The lowest BCUT2D eigenvalue weighted by molar-refractivity contribution is -0.129. The number of nitrogens with one attached hydrogen (secondary N) is 1. The Bertz CT molecular complexity index is 561. The number of amides is 1. The van der Waals surface area contributed by atoms with E-state index in [1.54, 1.807) is 11.3 Å². The second-order valence-corrected chi connectivity index (χ2v) is 5.87. The zero-order chi connectivity index (χ0) is 13.2. The van der Waals surface area contributed by atoms with Gasteiger partial charge in [-0.05, 0) is 35.7 Å². The van der Waals surface area contributed by atoms with Crippen molar-refractivity contribution in [3.63, 3.8) is 0 Å². The van der Waals surface area contributed by atoms with Gasteiger partial charge in [0.1, 0.15) is 5.82 Å². The summed E-state index contributed by atoms with van der Waals surface area (Å²) >= 11 is 1.64. The molecule has 1 saturated heterocycles. The standard InChI is InChI=1S/C14H17N3OS/c1-10-7-15-14(16-10)12-2-4-17(8-12)13(18)6-11-3-5-19-9-11/h3,5,7,9,12H,2,4,6,8H2,1H3,(H,15,16). The van der Waals surface area contributed by atoms with Gasteiger partial charge >= 0.3 is 0 Å². The van der Waals surface area contributed by atoms with E-state index in [0.717, 1.165) is 36.6 Å². The Kier molecular flexibility index (Phi) is 3.38. The highest BCUT2D eigenvalue weighted by Gasteiger charge is 2.28. The van der Waals surface area contributed by atoms with Crippen molar-refractivity contribution in [3.05, 3.63) is 40.1 Å². The number of H-pyrrole nitrogens is 1. The molecule has 0 aliphatic carbocycles. The van der Waals surface area contributed by atoms with E-state index in [0.29, 0.717) is 12.3 Å². The molecule has 1 fully saturated rings. The largest absolute Gasteiger partial charge is 0.346 e. The predicted octanol–water partition coefficient (Wildman–Crippen LogP) is 2.34. The Balaban J connectivity index is 1.61. The molecule has 1 unspecified atom stereocenters. The van der Waals surface area contributed by atoms with E-state index < -0.39 is 0 Å². The first kappa shape index (κ1) is 12.4. The molecule has 3 heterocycles. The Morgan fingerprint density at radius 1 is 1.63 bits per heavy atom. The number of likely N-dealkylation sites (tertiary alicyclic amines) is 1. The summed E-state index contributed by atoms with van der Waals surface area (Å²) < 4.78 is 0. The van der Waals surface area contributed by atoms with Crippen molar-refractivity contribution in [2.24, 2.45) is 0 Å². The summed E-state index contributed by atoms with van der Waals surface area (Å²) in [5.74, 6) is 1.60. The quantitative estimate of drug-likeness (QED) is 0.934. The van der Waals surface area contributed by atoms with Gasteiger partial charge in [0.25, 0.3) is 0 Å². The van der Waals surface area contributed by atoms with E-state index in [1.165, 1.54) is 0 Å². The number of aryl methyl sites for hydroxylation is 1. The topological polar surface area (TPSA) is 49.0 Å². The zero-order valence-electron chi connectivity index (χ0n) is 10.9. The van der Waals surface area contributed by atoms with Gasteiger partial charge in [0.05, 0.1) is 6.42 Å². The van der Waals surface area contributed by atoms with Crippen LogP contribution in [0.15, 0.2) is 23.0 Å². The normalized spacial score (nSPS) is 19.0. The zero-order valence-corrected chi connectivity index (χ0v) is 11.7. The van der Waals surface area contributed by atoms with Crippen LogP contribution in [-0.4, -0.2) is 33.9 Å². The maximum atomic E-state index is 12.2. The second kappa shape index (κ2) is 5.17. The van der Waals surface area contributed by atoms with Gasteiger partial charge in [-0.25, -0.2) is 4.98 Å². The number of nitrogens with zero attached hydrogens (tertiary/aromatic N) is 2. The van der Waals surface area contributed by atoms with Gasteiger partial charge < -0.3 is 9.88 Å². The molecular weight excluding hydrogens is 258 g/mol. The average Bonchev–Trinajstić information content (AvgIpc) is 3.07. The lowest BCUT2D eigenvalue weighted by Gasteiger charge is -2.15. The van der Waals surface area contributed by atoms with Crippen molar-refractivity contribution in [1.82, 2.24) is 14.9 Å². The summed E-state index contributed by atoms with van der Waals surface area (Å²) in [5, 5.41) is 4.06. The first-order valence-electron chi connectivity index (χ1n) is 6.53. The minimum atomic E-state index is 0.226. The summed E-state index contributed by atoms with van der Waals surface area (Å²) in [7, 11) is 0. The molecule has 0 bridgehead atoms. The van der Waals surface area contributed by atoms with Gasteiger partial charge in [0, 0.05) is 30.9 Å². The van der Waals surface area contributed by atoms with Crippen molar-refractivity contribution >= 4 is 17.2 Å².